The summed E-state index contributed by atoms with van der Waals surface area (Å²) < 4.78 is 11.1. The van der Waals surface area contributed by atoms with Crippen molar-refractivity contribution in [2.75, 3.05) is 7.11 Å². The lowest BCUT2D eigenvalue weighted by Crippen LogP contribution is -2.28. The van der Waals surface area contributed by atoms with Gasteiger partial charge in [-0.2, -0.15) is 0 Å². The Hall–Kier alpha value is -2.74. The van der Waals surface area contributed by atoms with Gasteiger partial charge in [0.15, 0.2) is 0 Å². The molecule has 0 radical (unpaired) electrons. The van der Waals surface area contributed by atoms with E-state index in [-0.39, 0.29) is 33.5 Å². The Labute approximate surface area is 192 Å². The van der Waals surface area contributed by atoms with E-state index in [1.165, 1.54) is 35.5 Å². The average Bonchev–Trinajstić information content (AvgIpc) is 3.44. The molecule has 0 bridgehead atoms. The van der Waals surface area contributed by atoms with E-state index in [0.717, 1.165) is 4.88 Å². The van der Waals surface area contributed by atoms with Gasteiger partial charge in [-0.15, -0.1) is 11.3 Å². The van der Waals surface area contributed by atoms with Gasteiger partial charge in [0.2, 0.25) is 0 Å². The first-order valence-corrected chi connectivity index (χ1v) is 10.9. The number of halogens is 2. The van der Waals surface area contributed by atoms with Gasteiger partial charge in [-0.05, 0) is 42.6 Å². The number of likely N-dealkylation sites (tertiary alicyclic amines) is 1. The topological polar surface area (TPSA) is 80.0 Å². The van der Waals surface area contributed by atoms with E-state index >= 15 is 0 Å². The molecule has 160 valence electrons. The number of rotatable bonds is 5. The standard InChI is InChI=1S/C22H17Cl2NO5S/c1-11-5-6-16(30-11)18-17(19(26)14-8-12(23)9-15(24)21(14)29-2)20(27)22(28)25(18)10-13-4-3-7-31-13/h3-9,18,26H,10H2,1-2H3/b19-17+. The van der Waals surface area contributed by atoms with Crippen molar-refractivity contribution in [3.8, 4) is 5.75 Å². The van der Waals surface area contributed by atoms with Crippen LogP contribution < -0.4 is 4.74 Å². The maximum atomic E-state index is 13.1. The Bertz CT molecular complexity index is 1200. The molecule has 4 rings (SSSR count). The van der Waals surface area contributed by atoms with Gasteiger partial charge in [0.05, 0.1) is 29.8 Å². The van der Waals surface area contributed by atoms with E-state index in [1.54, 1.807) is 19.1 Å². The van der Waals surface area contributed by atoms with Gasteiger partial charge in [-0.3, -0.25) is 9.59 Å². The predicted octanol–water partition coefficient (Wildman–Crippen LogP) is 5.59. The fraction of sp³-hybridized carbons (Fsp3) is 0.182. The number of furan rings is 1. The summed E-state index contributed by atoms with van der Waals surface area (Å²) in [7, 11) is 1.38. The maximum Gasteiger partial charge on any atom is 0.296 e. The maximum absolute atomic E-state index is 13.1. The number of nitrogens with zero attached hydrogens (tertiary/aromatic N) is 1. The Kier molecular flexibility index (Phi) is 5.83. The molecule has 31 heavy (non-hydrogen) atoms. The third kappa shape index (κ3) is 3.84. The van der Waals surface area contributed by atoms with Crippen molar-refractivity contribution in [2.24, 2.45) is 0 Å². The van der Waals surface area contributed by atoms with Gasteiger partial charge in [0, 0.05) is 9.90 Å². The number of hydrogen-bond donors (Lipinski definition) is 1. The summed E-state index contributed by atoms with van der Waals surface area (Å²) >= 11 is 13.8. The number of aryl methyl sites for hydroxylation is 1. The molecule has 0 aliphatic carbocycles. The molecule has 1 aliphatic heterocycles. The van der Waals surface area contributed by atoms with Crippen LogP contribution >= 0.6 is 34.5 Å². The number of carbonyl (C=O) groups is 2. The molecule has 6 nitrogen and oxygen atoms in total. The highest BCUT2D eigenvalue weighted by Gasteiger charge is 2.48. The molecule has 3 aromatic rings. The number of methoxy groups -OCH3 is 1. The normalized spacial score (nSPS) is 18.1. The van der Waals surface area contributed by atoms with E-state index in [0.29, 0.717) is 11.5 Å². The number of ether oxygens (including phenoxy) is 1. The predicted molar refractivity (Wildman–Crippen MR) is 119 cm³/mol. The van der Waals surface area contributed by atoms with E-state index in [9.17, 15) is 14.7 Å². The number of hydrogen-bond acceptors (Lipinski definition) is 6. The molecule has 1 saturated heterocycles. The lowest BCUT2D eigenvalue weighted by atomic mass is 9.98. The van der Waals surface area contributed by atoms with Crippen LogP contribution in [0.25, 0.3) is 5.76 Å². The second kappa shape index (κ2) is 8.42. The number of carbonyl (C=O) groups excluding carboxylic acids is 2. The minimum absolute atomic E-state index is 0.113. The highest BCUT2D eigenvalue weighted by atomic mass is 35.5. The van der Waals surface area contributed by atoms with Crippen molar-refractivity contribution >= 4 is 52.0 Å². The van der Waals surface area contributed by atoms with Crippen molar-refractivity contribution in [3.63, 3.8) is 0 Å². The van der Waals surface area contributed by atoms with Crippen molar-refractivity contribution in [3.05, 3.63) is 79.4 Å². The van der Waals surface area contributed by atoms with Crippen LogP contribution in [0, 0.1) is 6.92 Å². The molecule has 1 fully saturated rings. The third-order valence-electron chi connectivity index (χ3n) is 4.94. The van der Waals surface area contributed by atoms with E-state index in [2.05, 4.69) is 0 Å². The summed E-state index contributed by atoms with van der Waals surface area (Å²) in [6.07, 6.45) is 0. The summed E-state index contributed by atoms with van der Waals surface area (Å²) in [6, 6.07) is 9.12. The van der Waals surface area contributed by atoms with Crippen LogP contribution in [-0.4, -0.2) is 28.8 Å². The molecular formula is C22H17Cl2NO5S. The first-order chi connectivity index (χ1) is 14.8. The molecule has 1 aliphatic rings. The smallest absolute Gasteiger partial charge is 0.296 e. The van der Waals surface area contributed by atoms with Gasteiger partial charge in [0.25, 0.3) is 11.7 Å². The minimum Gasteiger partial charge on any atom is -0.507 e. The Balaban J connectivity index is 1.92. The lowest BCUT2D eigenvalue weighted by Gasteiger charge is -2.23. The number of aliphatic hydroxyl groups excluding tert-OH is 1. The fourth-order valence-electron chi connectivity index (χ4n) is 3.60. The lowest BCUT2D eigenvalue weighted by molar-refractivity contribution is -0.140. The SMILES string of the molecule is COc1c(Cl)cc(Cl)cc1/C(O)=C1\C(=O)C(=O)N(Cc2cccs2)C1c1ccc(C)o1. The zero-order valence-electron chi connectivity index (χ0n) is 16.5. The number of ketones is 1. The summed E-state index contributed by atoms with van der Waals surface area (Å²) in [5.41, 5.74) is -0.00468. The number of benzene rings is 1. The number of aliphatic hydroxyl groups is 1. The summed E-state index contributed by atoms with van der Waals surface area (Å²) in [5.74, 6) is -0.885. The van der Waals surface area contributed by atoms with Gasteiger partial charge in [-0.25, -0.2) is 0 Å². The first kappa shape index (κ1) is 21.5. The molecule has 0 spiro atoms. The van der Waals surface area contributed by atoms with Crippen LogP contribution in [0.2, 0.25) is 10.0 Å². The average molecular weight is 478 g/mol. The molecule has 1 amide bonds. The highest BCUT2D eigenvalue weighted by Crippen LogP contribution is 2.44. The van der Waals surface area contributed by atoms with Crippen LogP contribution in [0.1, 0.15) is 28.0 Å². The molecule has 1 atom stereocenters. The summed E-state index contributed by atoms with van der Waals surface area (Å²) in [4.78, 5) is 28.3. The Morgan fingerprint density at radius 1 is 1.26 bits per heavy atom. The third-order valence-corrected chi connectivity index (χ3v) is 6.30. The monoisotopic (exact) mass is 477 g/mol. The van der Waals surface area contributed by atoms with Crippen molar-refractivity contribution in [1.29, 1.82) is 0 Å². The quantitative estimate of drug-likeness (QED) is 0.294. The molecule has 1 unspecified atom stereocenters. The molecule has 1 N–H and O–H groups in total. The fourth-order valence-corrected chi connectivity index (χ4v) is 4.87. The summed E-state index contributed by atoms with van der Waals surface area (Å²) in [6.45, 7) is 1.95. The van der Waals surface area contributed by atoms with Crippen LogP contribution in [0.15, 0.2) is 51.8 Å². The van der Waals surface area contributed by atoms with E-state index < -0.39 is 23.5 Å². The van der Waals surface area contributed by atoms with Crippen LogP contribution in [0.5, 0.6) is 5.75 Å². The van der Waals surface area contributed by atoms with Gasteiger partial charge < -0.3 is 19.2 Å². The number of thiophene rings is 1. The zero-order chi connectivity index (χ0) is 22.3. The molecule has 9 heteroatoms. The van der Waals surface area contributed by atoms with E-state index in [1.807, 2.05) is 17.5 Å². The Morgan fingerprint density at radius 2 is 2.03 bits per heavy atom. The number of Topliss-reactive ketones (excluding diaryl/α,β-unsaturated/α-hetero) is 1. The summed E-state index contributed by atoms with van der Waals surface area (Å²) in [5, 5.41) is 13.5. The van der Waals surface area contributed by atoms with E-state index in [4.69, 9.17) is 32.4 Å². The Morgan fingerprint density at radius 3 is 2.65 bits per heavy atom. The second-order valence-corrected chi connectivity index (χ2v) is 8.80. The first-order valence-electron chi connectivity index (χ1n) is 9.22. The minimum atomic E-state index is -0.918. The van der Waals surface area contributed by atoms with Gasteiger partial charge in [0.1, 0.15) is 29.1 Å². The van der Waals surface area contributed by atoms with Crippen molar-refractivity contribution in [2.45, 2.75) is 19.5 Å². The molecular weight excluding hydrogens is 461 g/mol. The highest BCUT2D eigenvalue weighted by molar-refractivity contribution is 7.09. The second-order valence-electron chi connectivity index (χ2n) is 6.92. The van der Waals surface area contributed by atoms with Crippen LogP contribution in [0.4, 0.5) is 0 Å². The van der Waals surface area contributed by atoms with Crippen molar-refractivity contribution in [1.82, 2.24) is 4.90 Å². The zero-order valence-corrected chi connectivity index (χ0v) is 18.8. The number of amides is 1. The van der Waals surface area contributed by atoms with Crippen LogP contribution in [-0.2, 0) is 16.1 Å². The van der Waals surface area contributed by atoms with Crippen LogP contribution in [0.3, 0.4) is 0 Å². The van der Waals surface area contributed by atoms with Crippen molar-refractivity contribution < 1.29 is 23.8 Å². The molecule has 2 aromatic heterocycles. The van der Waals surface area contributed by atoms with Gasteiger partial charge >= 0.3 is 0 Å². The molecule has 3 heterocycles. The molecule has 1 aromatic carbocycles. The molecule has 0 saturated carbocycles. The van der Waals surface area contributed by atoms with Gasteiger partial charge in [-0.1, -0.05) is 29.3 Å². The largest absolute Gasteiger partial charge is 0.507 e.